The van der Waals surface area contributed by atoms with Crippen LogP contribution in [0, 0.1) is 11.6 Å². The van der Waals surface area contributed by atoms with E-state index in [4.69, 9.17) is 22.0 Å². The number of halogens is 2. The van der Waals surface area contributed by atoms with Crippen molar-refractivity contribution in [1.82, 2.24) is 4.98 Å². The average Bonchev–Trinajstić information content (AvgIpc) is 2.51. The van der Waals surface area contributed by atoms with Gasteiger partial charge in [-0.05, 0) is 18.2 Å². The van der Waals surface area contributed by atoms with Gasteiger partial charge < -0.3 is 16.2 Å². The third-order valence-corrected chi connectivity index (χ3v) is 2.92. The SMILES string of the molecule is COc1cncc(/C(N)=C/N(N)c2c(F)ccc(N)c2F)c1. The molecule has 6 nitrogen and oxygen atoms in total. The minimum Gasteiger partial charge on any atom is -0.495 e. The number of hydrogen-bond donors (Lipinski definition) is 3. The molecule has 0 amide bonds. The summed E-state index contributed by atoms with van der Waals surface area (Å²) in [6, 6.07) is 3.74. The molecule has 0 bridgehead atoms. The van der Waals surface area contributed by atoms with E-state index in [1.165, 1.54) is 19.5 Å². The number of anilines is 2. The zero-order valence-corrected chi connectivity index (χ0v) is 11.8. The van der Waals surface area contributed by atoms with E-state index in [0.29, 0.717) is 11.3 Å². The van der Waals surface area contributed by atoms with Crippen molar-refractivity contribution in [2.45, 2.75) is 0 Å². The minimum atomic E-state index is -0.963. The normalized spacial score (nSPS) is 11.4. The maximum absolute atomic E-state index is 13.9. The van der Waals surface area contributed by atoms with Crippen molar-refractivity contribution in [3.05, 3.63) is 54.0 Å². The number of nitrogens with zero attached hydrogens (tertiary/aromatic N) is 2. The zero-order chi connectivity index (χ0) is 16.3. The number of methoxy groups -OCH3 is 1. The number of benzene rings is 1. The highest BCUT2D eigenvalue weighted by atomic mass is 19.1. The lowest BCUT2D eigenvalue weighted by atomic mass is 10.2. The van der Waals surface area contributed by atoms with Crippen molar-refractivity contribution in [3.63, 3.8) is 0 Å². The van der Waals surface area contributed by atoms with Crippen molar-refractivity contribution < 1.29 is 13.5 Å². The molecule has 0 saturated carbocycles. The van der Waals surface area contributed by atoms with Gasteiger partial charge in [-0.25, -0.2) is 14.6 Å². The van der Waals surface area contributed by atoms with Crippen molar-refractivity contribution in [2.24, 2.45) is 11.6 Å². The van der Waals surface area contributed by atoms with E-state index in [1.54, 1.807) is 6.07 Å². The largest absolute Gasteiger partial charge is 0.495 e. The Labute approximate surface area is 125 Å². The summed E-state index contributed by atoms with van der Waals surface area (Å²) in [7, 11) is 1.48. The zero-order valence-electron chi connectivity index (χ0n) is 11.8. The number of aromatic nitrogens is 1. The van der Waals surface area contributed by atoms with Crippen LogP contribution in [-0.4, -0.2) is 12.1 Å². The van der Waals surface area contributed by atoms with Crippen LogP contribution in [0.1, 0.15) is 5.56 Å². The van der Waals surface area contributed by atoms with Crippen LogP contribution in [0.3, 0.4) is 0 Å². The van der Waals surface area contributed by atoms with E-state index in [2.05, 4.69) is 4.98 Å². The molecule has 0 spiro atoms. The number of pyridine rings is 1. The van der Waals surface area contributed by atoms with Crippen LogP contribution < -0.4 is 27.1 Å². The van der Waals surface area contributed by atoms with Gasteiger partial charge in [-0.15, -0.1) is 0 Å². The third kappa shape index (κ3) is 3.07. The standard InChI is InChI=1S/C14H15F2N5O/c1-22-9-4-8(5-20-6-9)12(18)7-21(19)14-10(15)2-3-11(17)13(14)16/h2-7H,17-19H2,1H3/b12-7-. The van der Waals surface area contributed by atoms with E-state index in [0.717, 1.165) is 23.3 Å². The van der Waals surface area contributed by atoms with Gasteiger partial charge in [-0.3, -0.25) is 9.99 Å². The molecule has 22 heavy (non-hydrogen) atoms. The summed E-state index contributed by atoms with van der Waals surface area (Å²) in [5.41, 5.74) is 11.2. The second-order valence-corrected chi connectivity index (χ2v) is 4.40. The summed E-state index contributed by atoms with van der Waals surface area (Å²) in [5.74, 6) is 4.33. The highest BCUT2D eigenvalue weighted by molar-refractivity contribution is 5.68. The Kier molecular flexibility index (Phi) is 4.42. The molecule has 0 aliphatic rings. The highest BCUT2D eigenvalue weighted by Crippen LogP contribution is 2.27. The number of nitrogens with two attached hydrogens (primary N) is 3. The fourth-order valence-corrected chi connectivity index (χ4v) is 1.77. The van der Waals surface area contributed by atoms with Crippen LogP contribution in [0.5, 0.6) is 5.75 Å². The maximum atomic E-state index is 13.9. The summed E-state index contributed by atoms with van der Waals surface area (Å²) in [5, 5.41) is 0.732. The van der Waals surface area contributed by atoms with E-state index in [9.17, 15) is 8.78 Å². The van der Waals surface area contributed by atoms with Crippen LogP contribution in [0.4, 0.5) is 20.2 Å². The quantitative estimate of drug-likeness (QED) is 0.450. The second kappa shape index (κ2) is 6.27. The molecule has 0 fully saturated rings. The first-order valence-electron chi connectivity index (χ1n) is 6.18. The Morgan fingerprint density at radius 2 is 2.05 bits per heavy atom. The van der Waals surface area contributed by atoms with Gasteiger partial charge in [0.05, 0.1) is 24.7 Å². The van der Waals surface area contributed by atoms with Crippen molar-refractivity contribution in [1.29, 1.82) is 0 Å². The van der Waals surface area contributed by atoms with Crippen LogP contribution in [0.15, 0.2) is 36.8 Å². The van der Waals surface area contributed by atoms with Crippen LogP contribution >= 0.6 is 0 Å². The smallest absolute Gasteiger partial charge is 0.174 e. The Morgan fingerprint density at radius 1 is 1.32 bits per heavy atom. The molecule has 6 N–H and O–H groups in total. The average molecular weight is 307 g/mol. The van der Waals surface area contributed by atoms with E-state index >= 15 is 0 Å². The number of nitrogen functional groups attached to an aromatic ring is 1. The molecule has 0 radical (unpaired) electrons. The van der Waals surface area contributed by atoms with Crippen LogP contribution in [-0.2, 0) is 0 Å². The monoisotopic (exact) mass is 307 g/mol. The molecule has 8 heteroatoms. The van der Waals surface area contributed by atoms with Gasteiger partial charge in [0.1, 0.15) is 11.4 Å². The molecule has 0 aliphatic heterocycles. The Morgan fingerprint density at radius 3 is 2.73 bits per heavy atom. The molecule has 1 aromatic carbocycles. The summed E-state index contributed by atoms with van der Waals surface area (Å²) >= 11 is 0. The summed E-state index contributed by atoms with van der Waals surface area (Å²) in [6.07, 6.45) is 4.12. The number of hydrazine groups is 1. The van der Waals surface area contributed by atoms with E-state index in [-0.39, 0.29) is 11.4 Å². The second-order valence-electron chi connectivity index (χ2n) is 4.40. The van der Waals surface area contributed by atoms with E-state index in [1.807, 2.05) is 0 Å². The predicted octanol–water partition coefficient (Wildman–Crippen LogP) is 1.59. The fraction of sp³-hybridized carbons (Fsp3) is 0.0714. The van der Waals surface area contributed by atoms with Gasteiger partial charge in [0.15, 0.2) is 11.6 Å². The first-order valence-corrected chi connectivity index (χ1v) is 6.18. The summed E-state index contributed by atoms with van der Waals surface area (Å²) in [4.78, 5) is 3.93. The maximum Gasteiger partial charge on any atom is 0.174 e. The molecule has 0 unspecified atom stereocenters. The van der Waals surface area contributed by atoms with Crippen LogP contribution in [0.25, 0.3) is 5.70 Å². The Balaban J connectivity index is 2.38. The molecule has 1 heterocycles. The Bertz CT molecular complexity index is 720. The predicted molar refractivity (Wildman–Crippen MR) is 80.4 cm³/mol. The summed E-state index contributed by atoms with van der Waals surface area (Å²) < 4.78 is 32.7. The van der Waals surface area contributed by atoms with Gasteiger partial charge in [-0.1, -0.05) is 0 Å². The molecule has 0 saturated heterocycles. The lowest BCUT2D eigenvalue weighted by Gasteiger charge is -2.17. The van der Waals surface area contributed by atoms with Gasteiger partial charge >= 0.3 is 0 Å². The number of hydrogen-bond acceptors (Lipinski definition) is 6. The molecule has 1 aromatic heterocycles. The van der Waals surface area contributed by atoms with Gasteiger partial charge in [0.2, 0.25) is 0 Å². The Hall–Kier alpha value is -2.87. The molecule has 2 aromatic rings. The lowest BCUT2D eigenvalue weighted by molar-refractivity contribution is 0.412. The first kappa shape index (κ1) is 15.5. The van der Waals surface area contributed by atoms with Gasteiger partial charge in [-0.2, -0.15) is 0 Å². The molecular formula is C14H15F2N5O. The first-order chi connectivity index (χ1) is 10.4. The van der Waals surface area contributed by atoms with Crippen molar-refractivity contribution in [2.75, 3.05) is 17.9 Å². The topological polar surface area (TPSA) is 103 Å². The molecule has 2 rings (SSSR count). The molecular weight excluding hydrogens is 292 g/mol. The number of ether oxygens (including phenoxy) is 1. The molecule has 116 valence electrons. The van der Waals surface area contributed by atoms with E-state index < -0.39 is 17.3 Å². The fourth-order valence-electron chi connectivity index (χ4n) is 1.77. The van der Waals surface area contributed by atoms with Crippen LogP contribution in [0.2, 0.25) is 0 Å². The molecule has 0 aliphatic carbocycles. The van der Waals surface area contributed by atoms with Crippen molar-refractivity contribution in [3.8, 4) is 5.75 Å². The van der Waals surface area contributed by atoms with Gasteiger partial charge in [0.25, 0.3) is 0 Å². The minimum absolute atomic E-state index is 0.148. The van der Waals surface area contributed by atoms with Gasteiger partial charge in [0, 0.05) is 18.0 Å². The number of rotatable bonds is 4. The third-order valence-electron chi connectivity index (χ3n) is 2.92. The highest BCUT2D eigenvalue weighted by Gasteiger charge is 2.16. The summed E-state index contributed by atoms with van der Waals surface area (Å²) in [6.45, 7) is 0. The lowest BCUT2D eigenvalue weighted by Crippen LogP contribution is -2.28. The molecule has 0 atom stereocenters. The van der Waals surface area contributed by atoms with Crippen molar-refractivity contribution >= 4 is 17.1 Å².